The van der Waals surface area contributed by atoms with E-state index in [9.17, 15) is 13.2 Å². The van der Waals surface area contributed by atoms with E-state index in [4.69, 9.17) is 16.3 Å². The molecule has 1 aromatic rings. The third-order valence-electron chi connectivity index (χ3n) is 3.32. The second-order valence-corrected chi connectivity index (χ2v) is 5.46. The Labute approximate surface area is 148 Å². The van der Waals surface area contributed by atoms with Crippen LogP contribution in [0.5, 0.6) is 0 Å². The van der Waals surface area contributed by atoms with Crippen LogP contribution in [0.2, 0.25) is 5.02 Å². The van der Waals surface area contributed by atoms with Gasteiger partial charge >= 0.3 is 6.18 Å². The summed E-state index contributed by atoms with van der Waals surface area (Å²) in [6.45, 7) is 3.47. The van der Waals surface area contributed by atoms with Crippen LogP contribution >= 0.6 is 11.6 Å². The summed E-state index contributed by atoms with van der Waals surface area (Å²) in [7, 11) is 0. The number of alkyl halides is 3. The lowest BCUT2D eigenvalue weighted by Gasteiger charge is -2.20. The van der Waals surface area contributed by atoms with E-state index in [0.717, 1.165) is 17.2 Å². The molecule has 1 N–H and O–H groups in total. The fraction of sp³-hybridized carbons (Fsp3) is 0.167. The zero-order valence-electron chi connectivity index (χ0n) is 13.2. The number of dihydropyridines is 1. The van der Waals surface area contributed by atoms with Crippen molar-refractivity contribution in [1.29, 1.82) is 0 Å². The van der Waals surface area contributed by atoms with Crippen LogP contribution in [-0.4, -0.2) is 26.0 Å². The third-order valence-corrected chi connectivity index (χ3v) is 3.65. The molecule has 25 heavy (non-hydrogen) atoms. The number of hydrogen-bond acceptors (Lipinski definition) is 3. The van der Waals surface area contributed by atoms with E-state index in [1.54, 1.807) is 18.2 Å². The van der Waals surface area contributed by atoms with Gasteiger partial charge in [-0.15, -0.1) is 0 Å². The minimum Gasteiger partial charge on any atom is -0.491 e. The Morgan fingerprint density at radius 1 is 1.32 bits per heavy atom. The summed E-state index contributed by atoms with van der Waals surface area (Å²) in [5, 5.41) is 2.84. The van der Waals surface area contributed by atoms with Gasteiger partial charge in [0, 0.05) is 11.2 Å². The highest BCUT2D eigenvalue weighted by Crippen LogP contribution is 2.27. The van der Waals surface area contributed by atoms with Crippen molar-refractivity contribution in [3.63, 3.8) is 0 Å². The van der Waals surface area contributed by atoms with E-state index in [1.807, 2.05) is 18.2 Å². The Kier molecular flexibility index (Phi) is 6.47. The van der Waals surface area contributed by atoms with Gasteiger partial charge in [0.2, 0.25) is 0 Å². The van der Waals surface area contributed by atoms with Crippen molar-refractivity contribution < 1.29 is 17.9 Å². The molecule has 0 aromatic heterocycles. The topological polar surface area (TPSA) is 33.6 Å². The first kappa shape index (κ1) is 18.9. The van der Waals surface area contributed by atoms with Crippen LogP contribution in [0, 0.1) is 0 Å². The number of aliphatic imine (C=N–C) groups is 1. The number of halogens is 4. The molecule has 0 unspecified atom stereocenters. The quantitative estimate of drug-likeness (QED) is 0.573. The number of rotatable bonds is 6. The van der Waals surface area contributed by atoms with Crippen molar-refractivity contribution in [2.75, 3.05) is 13.2 Å². The Bertz CT molecular complexity index is 749. The van der Waals surface area contributed by atoms with Crippen molar-refractivity contribution in [2.45, 2.75) is 6.18 Å². The smallest absolute Gasteiger partial charge is 0.430 e. The molecule has 3 nitrogen and oxygen atoms in total. The monoisotopic (exact) mass is 368 g/mol. The summed E-state index contributed by atoms with van der Waals surface area (Å²) in [6.07, 6.45) is 2.83. The molecule has 1 aliphatic heterocycles. The number of nitrogens with zero attached hydrogens (tertiary/aromatic N) is 1. The molecule has 132 valence electrons. The molecular weight excluding hydrogens is 353 g/mol. The highest BCUT2D eigenvalue weighted by Gasteiger charge is 2.34. The second-order valence-electron chi connectivity index (χ2n) is 5.05. The zero-order valence-corrected chi connectivity index (χ0v) is 13.9. The van der Waals surface area contributed by atoms with Crippen LogP contribution in [0.25, 0.3) is 5.57 Å². The van der Waals surface area contributed by atoms with Gasteiger partial charge in [0.05, 0.1) is 6.54 Å². The highest BCUT2D eigenvalue weighted by molar-refractivity contribution is 6.32. The van der Waals surface area contributed by atoms with Gasteiger partial charge in [0.15, 0.2) is 0 Å². The SMILES string of the molecule is C=N/C=C\C=C(/COC1=CC=C(C(F)(F)F)NC1)c1ccccc1Cl. The van der Waals surface area contributed by atoms with E-state index in [-0.39, 0.29) is 13.2 Å². The summed E-state index contributed by atoms with van der Waals surface area (Å²) < 4.78 is 43.4. The van der Waals surface area contributed by atoms with E-state index in [0.29, 0.717) is 10.8 Å². The molecule has 1 aliphatic rings. The number of benzene rings is 1. The Morgan fingerprint density at radius 3 is 2.68 bits per heavy atom. The maximum absolute atomic E-state index is 12.6. The second kappa shape index (κ2) is 8.58. The Hall–Kier alpha value is -2.47. The molecule has 0 saturated heterocycles. The first-order valence-electron chi connectivity index (χ1n) is 7.33. The molecule has 0 spiro atoms. The van der Waals surface area contributed by atoms with E-state index >= 15 is 0 Å². The van der Waals surface area contributed by atoms with Gasteiger partial charge in [-0.05, 0) is 42.1 Å². The average molecular weight is 369 g/mol. The molecule has 7 heteroatoms. The number of nitrogens with one attached hydrogen (secondary N) is 1. The lowest BCUT2D eigenvalue weighted by Crippen LogP contribution is -2.30. The Morgan fingerprint density at radius 2 is 2.08 bits per heavy atom. The molecule has 0 radical (unpaired) electrons. The molecule has 1 heterocycles. The molecule has 0 atom stereocenters. The van der Waals surface area contributed by atoms with Crippen molar-refractivity contribution >= 4 is 23.9 Å². The summed E-state index contributed by atoms with van der Waals surface area (Å²) in [5.74, 6) is 0.400. The normalized spacial score (nSPS) is 15.4. The van der Waals surface area contributed by atoms with Crippen LogP contribution < -0.4 is 5.32 Å². The highest BCUT2D eigenvalue weighted by atomic mass is 35.5. The summed E-state index contributed by atoms with van der Waals surface area (Å²) in [5.41, 5.74) is 0.743. The van der Waals surface area contributed by atoms with Gasteiger partial charge in [0.1, 0.15) is 18.1 Å². The molecule has 0 aliphatic carbocycles. The van der Waals surface area contributed by atoms with Gasteiger partial charge in [-0.2, -0.15) is 13.2 Å². The third kappa shape index (κ3) is 5.53. The van der Waals surface area contributed by atoms with Crippen LogP contribution in [-0.2, 0) is 4.74 Å². The van der Waals surface area contributed by atoms with Gasteiger partial charge in [-0.3, -0.25) is 4.99 Å². The van der Waals surface area contributed by atoms with Crippen LogP contribution in [0.3, 0.4) is 0 Å². The minimum absolute atomic E-state index is 0.0365. The first-order valence-corrected chi connectivity index (χ1v) is 7.71. The summed E-state index contributed by atoms with van der Waals surface area (Å²) in [6, 6.07) is 7.23. The standard InChI is InChI=1S/C18H16ClF3N2O/c1-23-10-4-5-13(15-6-2-3-7-16(15)19)12-25-14-8-9-17(24-11-14)18(20,21)22/h2-10,24H,1,11-12H2/b10-4-,13-5+. The maximum Gasteiger partial charge on any atom is 0.430 e. The van der Waals surface area contributed by atoms with Gasteiger partial charge < -0.3 is 10.1 Å². The Balaban J connectivity index is 2.14. The van der Waals surface area contributed by atoms with Gasteiger partial charge in [-0.25, -0.2) is 0 Å². The maximum atomic E-state index is 12.6. The van der Waals surface area contributed by atoms with Crippen LogP contribution in [0.15, 0.2) is 71.2 Å². The van der Waals surface area contributed by atoms with E-state index in [1.165, 1.54) is 12.3 Å². The van der Waals surface area contributed by atoms with Gasteiger partial charge in [-0.1, -0.05) is 35.9 Å². The fourth-order valence-electron chi connectivity index (χ4n) is 2.10. The minimum atomic E-state index is -4.40. The number of ether oxygens (including phenoxy) is 1. The van der Waals surface area contributed by atoms with Crippen molar-refractivity contribution in [2.24, 2.45) is 4.99 Å². The van der Waals surface area contributed by atoms with E-state index < -0.39 is 11.9 Å². The molecular formula is C18H16ClF3N2O. The van der Waals surface area contributed by atoms with Crippen LogP contribution in [0.4, 0.5) is 13.2 Å². The number of allylic oxidation sites excluding steroid dienone is 5. The molecule has 0 bridgehead atoms. The van der Waals surface area contributed by atoms with Crippen molar-refractivity contribution in [3.05, 3.63) is 76.8 Å². The largest absolute Gasteiger partial charge is 0.491 e. The predicted molar refractivity (Wildman–Crippen MR) is 94.3 cm³/mol. The van der Waals surface area contributed by atoms with Crippen molar-refractivity contribution in [1.82, 2.24) is 5.32 Å². The predicted octanol–water partition coefficient (Wildman–Crippen LogP) is 4.89. The molecule has 0 amide bonds. The summed E-state index contributed by atoms with van der Waals surface area (Å²) in [4.78, 5) is 3.62. The summed E-state index contributed by atoms with van der Waals surface area (Å²) >= 11 is 6.20. The van der Waals surface area contributed by atoms with Gasteiger partial charge in [0.25, 0.3) is 0 Å². The average Bonchev–Trinajstić information content (AvgIpc) is 2.58. The van der Waals surface area contributed by atoms with E-state index in [2.05, 4.69) is 17.0 Å². The van der Waals surface area contributed by atoms with Crippen LogP contribution in [0.1, 0.15) is 5.56 Å². The van der Waals surface area contributed by atoms with Crippen molar-refractivity contribution in [3.8, 4) is 0 Å². The lowest BCUT2D eigenvalue weighted by molar-refractivity contribution is -0.0969. The molecule has 0 fully saturated rings. The zero-order chi connectivity index (χ0) is 18.3. The molecule has 2 rings (SSSR count). The molecule has 0 saturated carbocycles. The fourth-order valence-corrected chi connectivity index (χ4v) is 2.36. The molecule has 1 aromatic carbocycles. The number of hydrogen-bond donors (Lipinski definition) is 1. The lowest BCUT2D eigenvalue weighted by atomic mass is 10.1. The first-order chi connectivity index (χ1) is 11.9.